The Bertz CT molecular complexity index is 293. The quantitative estimate of drug-likeness (QED) is 0.667. The van der Waals surface area contributed by atoms with Crippen molar-refractivity contribution in [1.29, 1.82) is 0 Å². The van der Waals surface area contributed by atoms with Crippen LogP contribution in [0.4, 0.5) is 13.2 Å². The van der Waals surface area contributed by atoms with Gasteiger partial charge in [0.1, 0.15) is 0 Å². The van der Waals surface area contributed by atoms with Crippen molar-refractivity contribution in [2.24, 2.45) is 0 Å². The summed E-state index contributed by atoms with van der Waals surface area (Å²) in [5.74, 6) is -0.448. The minimum Gasteiger partial charge on any atom is -0.402 e. The first-order valence-electron chi connectivity index (χ1n) is 3.27. The summed E-state index contributed by atoms with van der Waals surface area (Å²) in [5.41, 5.74) is 0.289. The fraction of sp³-hybridized carbons (Fsp3) is 0.286. The van der Waals surface area contributed by atoms with Gasteiger partial charge in [0.15, 0.2) is 10.9 Å². The van der Waals surface area contributed by atoms with E-state index in [1.165, 1.54) is 19.2 Å². The zero-order valence-corrected chi connectivity index (χ0v) is 7.28. The van der Waals surface area contributed by atoms with Crippen LogP contribution in [0.5, 0.6) is 5.75 Å². The van der Waals surface area contributed by atoms with Crippen molar-refractivity contribution in [2.45, 2.75) is 13.3 Å². The fourth-order valence-electron chi connectivity index (χ4n) is 0.750. The molecule has 0 unspecified atom stereocenters. The van der Waals surface area contributed by atoms with E-state index in [0.29, 0.717) is 0 Å². The van der Waals surface area contributed by atoms with Crippen LogP contribution in [0.2, 0.25) is 5.15 Å². The van der Waals surface area contributed by atoms with Gasteiger partial charge in [-0.05, 0) is 18.6 Å². The third-order valence-electron chi connectivity index (χ3n) is 1.28. The van der Waals surface area contributed by atoms with Crippen molar-refractivity contribution >= 4 is 11.6 Å². The van der Waals surface area contributed by atoms with Crippen LogP contribution in [0.25, 0.3) is 0 Å². The first-order valence-corrected chi connectivity index (χ1v) is 3.65. The second-order valence-corrected chi connectivity index (χ2v) is 2.65. The Labute approximate surface area is 77.3 Å². The lowest BCUT2D eigenvalue weighted by Crippen LogP contribution is -2.18. The minimum absolute atomic E-state index is 0.289. The molecule has 1 aromatic rings. The average Bonchev–Trinajstić information content (AvgIpc) is 1.95. The molecule has 0 aromatic carbocycles. The maximum atomic E-state index is 11.8. The lowest BCUT2D eigenvalue weighted by molar-refractivity contribution is -0.274. The van der Waals surface area contributed by atoms with Crippen LogP contribution in [-0.4, -0.2) is 11.3 Å². The molecule has 0 N–H and O–H groups in total. The van der Waals surface area contributed by atoms with Gasteiger partial charge < -0.3 is 4.74 Å². The highest BCUT2D eigenvalue weighted by Crippen LogP contribution is 2.30. The molecular formula is C7H5ClF3NO. The SMILES string of the molecule is Cc1ccnc(Cl)c1OC(F)(F)F. The number of ether oxygens (including phenoxy) is 1. The Hall–Kier alpha value is -0.970. The predicted molar refractivity (Wildman–Crippen MR) is 40.7 cm³/mol. The zero-order chi connectivity index (χ0) is 10.1. The Kier molecular flexibility index (Phi) is 2.66. The van der Waals surface area contributed by atoms with E-state index >= 15 is 0 Å². The van der Waals surface area contributed by atoms with Crippen LogP contribution < -0.4 is 4.74 Å². The Morgan fingerprint density at radius 2 is 2.08 bits per heavy atom. The molecule has 0 aliphatic carbocycles. The summed E-state index contributed by atoms with van der Waals surface area (Å²) >= 11 is 5.40. The third-order valence-corrected chi connectivity index (χ3v) is 1.54. The molecule has 1 aromatic heterocycles. The number of nitrogens with zero attached hydrogens (tertiary/aromatic N) is 1. The van der Waals surface area contributed by atoms with Crippen LogP contribution in [0.15, 0.2) is 12.3 Å². The minimum atomic E-state index is -4.74. The van der Waals surface area contributed by atoms with E-state index in [1.54, 1.807) is 0 Å². The number of alkyl halides is 3. The lowest BCUT2D eigenvalue weighted by Gasteiger charge is -2.11. The van der Waals surface area contributed by atoms with Gasteiger partial charge in [0, 0.05) is 6.20 Å². The highest BCUT2D eigenvalue weighted by Gasteiger charge is 2.32. The third kappa shape index (κ3) is 2.77. The van der Waals surface area contributed by atoms with Crippen LogP contribution in [0.1, 0.15) is 5.56 Å². The molecular weight excluding hydrogens is 207 g/mol. The summed E-state index contributed by atoms with van der Waals surface area (Å²) in [6, 6.07) is 1.38. The fourth-order valence-corrected chi connectivity index (χ4v) is 0.994. The van der Waals surface area contributed by atoms with Crippen molar-refractivity contribution < 1.29 is 17.9 Å². The van der Waals surface area contributed by atoms with Gasteiger partial charge >= 0.3 is 6.36 Å². The molecule has 1 heterocycles. The summed E-state index contributed by atoms with van der Waals surface area (Å²) in [5, 5.41) is -0.294. The lowest BCUT2D eigenvalue weighted by atomic mass is 10.3. The maximum absolute atomic E-state index is 11.8. The van der Waals surface area contributed by atoms with E-state index in [0.717, 1.165) is 0 Å². The van der Waals surface area contributed by atoms with Gasteiger partial charge in [-0.2, -0.15) is 0 Å². The highest BCUT2D eigenvalue weighted by atomic mass is 35.5. The van der Waals surface area contributed by atoms with Crippen molar-refractivity contribution in [1.82, 2.24) is 4.98 Å². The van der Waals surface area contributed by atoms with E-state index < -0.39 is 12.1 Å². The number of hydrogen-bond acceptors (Lipinski definition) is 2. The summed E-state index contributed by atoms with van der Waals surface area (Å²) in [7, 11) is 0. The average molecular weight is 212 g/mol. The number of pyridine rings is 1. The summed E-state index contributed by atoms with van der Waals surface area (Å²) in [6.07, 6.45) is -3.43. The number of hydrogen-bond donors (Lipinski definition) is 0. The molecule has 2 nitrogen and oxygen atoms in total. The molecule has 0 saturated heterocycles. The van der Waals surface area contributed by atoms with Crippen LogP contribution in [0.3, 0.4) is 0 Å². The molecule has 13 heavy (non-hydrogen) atoms. The number of aromatic nitrogens is 1. The molecule has 0 bridgehead atoms. The largest absolute Gasteiger partial charge is 0.573 e. The van der Waals surface area contributed by atoms with E-state index in [9.17, 15) is 13.2 Å². The smallest absolute Gasteiger partial charge is 0.402 e. The van der Waals surface area contributed by atoms with Crippen molar-refractivity contribution in [2.75, 3.05) is 0 Å². The Balaban J connectivity index is 3.00. The van der Waals surface area contributed by atoms with Gasteiger partial charge in [-0.1, -0.05) is 11.6 Å². The molecule has 0 aliphatic heterocycles. The molecule has 6 heteroatoms. The van der Waals surface area contributed by atoms with E-state index in [2.05, 4.69) is 9.72 Å². The number of rotatable bonds is 1. The molecule has 0 saturated carbocycles. The topological polar surface area (TPSA) is 22.1 Å². The van der Waals surface area contributed by atoms with Gasteiger partial charge in [-0.15, -0.1) is 13.2 Å². The van der Waals surface area contributed by atoms with E-state index in [-0.39, 0.29) is 10.7 Å². The normalized spacial score (nSPS) is 11.5. The van der Waals surface area contributed by atoms with Crippen molar-refractivity contribution in [3.05, 3.63) is 23.0 Å². The van der Waals surface area contributed by atoms with Gasteiger partial charge in [0.05, 0.1) is 0 Å². The number of halogens is 4. The second kappa shape index (κ2) is 3.41. The summed E-state index contributed by atoms with van der Waals surface area (Å²) in [6.45, 7) is 1.45. The van der Waals surface area contributed by atoms with Gasteiger partial charge in [0.2, 0.25) is 0 Å². The first-order chi connectivity index (χ1) is 5.90. The molecule has 72 valence electrons. The maximum Gasteiger partial charge on any atom is 0.573 e. The van der Waals surface area contributed by atoms with Crippen molar-refractivity contribution in [3.8, 4) is 5.75 Å². The van der Waals surface area contributed by atoms with Crippen LogP contribution in [-0.2, 0) is 0 Å². The van der Waals surface area contributed by atoms with Crippen LogP contribution >= 0.6 is 11.6 Å². The Morgan fingerprint density at radius 1 is 1.46 bits per heavy atom. The van der Waals surface area contributed by atoms with Gasteiger partial charge in [0.25, 0.3) is 0 Å². The molecule has 1 rings (SSSR count). The Morgan fingerprint density at radius 3 is 2.54 bits per heavy atom. The monoisotopic (exact) mass is 211 g/mol. The first kappa shape index (κ1) is 10.1. The van der Waals surface area contributed by atoms with E-state index in [4.69, 9.17) is 11.6 Å². The zero-order valence-electron chi connectivity index (χ0n) is 6.52. The molecule has 0 atom stereocenters. The molecule has 0 aliphatic rings. The van der Waals surface area contributed by atoms with E-state index in [1.807, 2.05) is 0 Å². The standard InChI is InChI=1S/C7H5ClF3NO/c1-4-2-3-12-6(8)5(4)13-7(9,10)11/h2-3H,1H3. The van der Waals surface area contributed by atoms with Gasteiger partial charge in [-0.25, -0.2) is 4.98 Å². The summed E-state index contributed by atoms with van der Waals surface area (Å²) in [4.78, 5) is 3.46. The summed E-state index contributed by atoms with van der Waals surface area (Å²) < 4.78 is 39.0. The second-order valence-electron chi connectivity index (χ2n) is 2.30. The highest BCUT2D eigenvalue weighted by molar-refractivity contribution is 6.30. The van der Waals surface area contributed by atoms with Gasteiger partial charge in [-0.3, -0.25) is 0 Å². The molecule has 0 radical (unpaired) electrons. The van der Waals surface area contributed by atoms with Crippen molar-refractivity contribution in [3.63, 3.8) is 0 Å². The molecule has 0 spiro atoms. The number of aryl methyl sites for hydroxylation is 1. The predicted octanol–water partition coefficient (Wildman–Crippen LogP) is 2.94. The molecule has 0 amide bonds. The van der Waals surface area contributed by atoms with Crippen LogP contribution in [0, 0.1) is 6.92 Å². The molecule has 0 fully saturated rings.